The highest BCUT2D eigenvalue weighted by Crippen LogP contribution is 2.32. The van der Waals surface area contributed by atoms with Crippen molar-refractivity contribution in [2.75, 3.05) is 34.9 Å². The van der Waals surface area contributed by atoms with Gasteiger partial charge in [-0.15, -0.1) is 0 Å². The number of methoxy groups -OCH3 is 2. The maximum Gasteiger partial charge on any atom is 0.490 e. The fourth-order valence-electron chi connectivity index (χ4n) is 9.38. The lowest BCUT2D eigenvalue weighted by Gasteiger charge is -2.43. The number of imide groups is 1. The summed E-state index contributed by atoms with van der Waals surface area (Å²) in [7, 11) is 6.72. The van der Waals surface area contributed by atoms with Crippen LogP contribution in [0.15, 0.2) is 42.5 Å². The molecule has 16 nitrogen and oxygen atoms in total. The number of carboxylic acid groups (broad SMARTS) is 1. The number of halogens is 3. The molecule has 2 saturated heterocycles. The van der Waals surface area contributed by atoms with Gasteiger partial charge in [0.1, 0.15) is 12.1 Å². The van der Waals surface area contributed by atoms with Crippen LogP contribution in [0.2, 0.25) is 0 Å². The highest BCUT2D eigenvalue weighted by molar-refractivity contribution is 6.00. The number of benzene rings is 1. The zero-order valence-electron chi connectivity index (χ0n) is 40.3. The van der Waals surface area contributed by atoms with Crippen molar-refractivity contribution in [3.05, 3.63) is 48.0 Å². The molecule has 1 aromatic carbocycles. The first-order valence-corrected chi connectivity index (χ1v) is 22.9. The van der Waals surface area contributed by atoms with E-state index < -0.39 is 54.3 Å². The summed E-state index contributed by atoms with van der Waals surface area (Å²) in [4.78, 5) is 88.2. The van der Waals surface area contributed by atoms with Gasteiger partial charge < -0.3 is 30.1 Å². The van der Waals surface area contributed by atoms with Gasteiger partial charge in [-0.1, -0.05) is 97.4 Å². The molecule has 0 radical (unpaired) electrons. The van der Waals surface area contributed by atoms with E-state index in [0.29, 0.717) is 19.4 Å². The van der Waals surface area contributed by atoms with Crippen LogP contribution in [0.3, 0.4) is 0 Å². The zero-order valence-corrected chi connectivity index (χ0v) is 40.3. The van der Waals surface area contributed by atoms with Crippen molar-refractivity contribution in [1.29, 1.82) is 0 Å². The molecule has 1 aromatic rings. The predicted molar refractivity (Wildman–Crippen MR) is 240 cm³/mol. The Bertz CT molecular complexity index is 1800. The quantitative estimate of drug-likeness (QED) is 0.126. The number of hydrogen-bond donors (Lipinski definition) is 4. The van der Waals surface area contributed by atoms with Gasteiger partial charge in [-0.05, 0) is 63.1 Å². The number of ether oxygens (including phenoxy) is 2. The van der Waals surface area contributed by atoms with Crippen molar-refractivity contribution in [2.45, 2.75) is 154 Å². The first kappa shape index (κ1) is 55.9. The van der Waals surface area contributed by atoms with E-state index in [9.17, 15) is 37.1 Å². The molecule has 2 bridgehead atoms. The Kier molecular flexibility index (Phi) is 21.7. The highest BCUT2D eigenvalue weighted by atomic mass is 19.4. The van der Waals surface area contributed by atoms with Gasteiger partial charge in [-0.3, -0.25) is 39.0 Å². The van der Waals surface area contributed by atoms with Gasteiger partial charge in [0.05, 0.1) is 48.7 Å². The minimum Gasteiger partial charge on any atom is -0.475 e. The third kappa shape index (κ3) is 14.8. The van der Waals surface area contributed by atoms with Crippen LogP contribution >= 0.6 is 0 Å². The van der Waals surface area contributed by atoms with Crippen LogP contribution in [0.5, 0.6) is 0 Å². The molecule has 2 unspecified atom stereocenters. The minimum atomic E-state index is -5.08. The maximum atomic E-state index is 14.4. The number of likely N-dealkylation sites (tertiary alicyclic amines) is 1. The van der Waals surface area contributed by atoms with Crippen molar-refractivity contribution < 1.29 is 61.4 Å². The van der Waals surface area contributed by atoms with E-state index in [4.69, 9.17) is 24.2 Å². The second-order valence-corrected chi connectivity index (χ2v) is 18.2. The van der Waals surface area contributed by atoms with Gasteiger partial charge >= 0.3 is 12.1 Å². The fourth-order valence-corrected chi connectivity index (χ4v) is 9.38. The molecule has 0 saturated carbocycles. The van der Waals surface area contributed by atoms with Crippen LogP contribution in [0.4, 0.5) is 13.2 Å². The van der Waals surface area contributed by atoms with Crippen LogP contribution in [-0.2, 0) is 49.5 Å². The molecule has 4 N–H and O–H groups in total. The SMILES string of the molecule is CC[C@H](C)[C@@H]([C@@H](CC(=O)N1CCC[C@H]1[C@H](OC)[C@@H](C)C(=O)N[C@@H](Cc1ccccc1)C(=O)N1OC2C=CC1CC2)OC)N(C)[C@H](C(=O)NC(=O)[C@@H](NC)C(C)C)C(C)C.O=C(O)C(F)(F)F. The van der Waals surface area contributed by atoms with Gasteiger partial charge in [0, 0.05) is 33.2 Å². The number of carbonyl (C=O) groups is 6. The first-order chi connectivity index (χ1) is 31.0. The maximum absolute atomic E-state index is 14.4. The second-order valence-electron chi connectivity index (χ2n) is 18.2. The van der Waals surface area contributed by atoms with E-state index in [1.165, 1.54) is 5.06 Å². The van der Waals surface area contributed by atoms with E-state index in [1.54, 1.807) is 28.2 Å². The summed E-state index contributed by atoms with van der Waals surface area (Å²) in [6.45, 7) is 14.2. The van der Waals surface area contributed by atoms with Gasteiger partial charge in [0.25, 0.3) is 5.91 Å². The van der Waals surface area contributed by atoms with Crippen molar-refractivity contribution in [1.82, 2.24) is 30.8 Å². The Morgan fingerprint density at radius 3 is 2.02 bits per heavy atom. The monoisotopic (exact) mass is 939 g/mol. The predicted octanol–water partition coefficient (Wildman–Crippen LogP) is 4.51. The van der Waals surface area contributed by atoms with Gasteiger partial charge in [0.2, 0.25) is 23.6 Å². The Labute approximate surface area is 387 Å². The van der Waals surface area contributed by atoms with Crippen molar-refractivity contribution in [3.63, 3.8) is 0 Å². The van der Waals surface area contributed by atoms with E-state index in [1.807, 2.05) is 87.0 Å². The minimum absolute atomic E-state index is 0.0162. The summed E-state index contributed by atoms with van der Waals surface area (Å²) < 4.78 is 43.9. The average Bonchev–Trinajstić information content (AvgIpc) is 3.76. The largest absolute Gasteiger partial charge is 0.490 e. The van der Waals surface area contributed by atoms with Crippen molar-refractivity contribution >= 4 is 35.5 Å². The number of nitrogens with one attached hydrogen (secondary N) is 3. The molecule has 5 rings (SSSR count). The summed E-state index contributed by atoms with van der Waals surface area (Å²) in [5, 5.41) is 17.3. The first-order valence-electron chi connectivity index (χ1n) is 22.9. The van der Waals surface area contributed by atoms with Crippen LogP contribution < -0.4 is 16.0 Å². The number of hydrogen-bond acceptors (Lipinski definition) is 11. The van der Waals surface area contributed by atoms with Gasteiger partial charge in [0.15, 0.2) is 0 Å². The summed E-state index contributed by atoms with van der Waals surface area (Å²) in [5.41, 5.74) is 0.906. The lowest BCUT2D eigenvalue weighted by atomic mass is 9.87. The number of nitrogens with zero attached hydrogens (tertiary/aromatic N) is 3. The Balaban J connectivity index is 0.00000152. The molecule has 66 heavy (non-hydrogen) atoms. The zero-order chi connectivity index (χ0) is 49.6. The topological polar surface area (TPSA) is 196 Å². The molecule has 1 aliphatic carbocycles. The van der Waals surface area contributed by atoms with E-state index in [-0.39, 0.29) is 72.0 Å². The summed E-state index contributed by atoms with van der Waals surface area (Å²) in [5.74, 6) is -5.14. The Morgan fingerprint density at radius 2 is 1.55 bits per heavy atom. The Hall–Kier alpha value is -4.43. The van der Waals surface area contributed by atoms with Crippen LogP contribution in [0.1, 0.15) is 92.6 Å². The van der Waals surface area contributed by atoms with Crippen molar-refractivity contribution in [3.8, 4) is 0 Å². The number of aliphatic carboxylic acids is 1. The number of likely N-dealkylation sites (N-methyl/N-ethyl adjacent to an activating group) is 2. The summed E-state index contributed by atoms with van der Waals surface area (Å²) in [6, 6.07) is 6.61. The summed E-state index contributed by atoms with van der Waals surface area (Å²) in [6.07, 6.45) is 1.65. The lowest BCUT2D eigenvalue weighted by Crippen LogP contribution is -2.60. The molecule has 19 heteroatoms. The fraction of sp³-hybridized carbons (Fsp3) is 0.702. The third-order valence-corrected chi connectivity index (χ3v) is 13.0. The van der Waals surface area contributed by atoms with Crippen LogP contribution in [-0.4, -0.2) is 151 Å². The smallest absolute Gasteiger partial charge is 0.475 e. The van der Waals surface area contributed by atoms with Crippen molar-refractivity contribution in [2.24, 2.45) is 23.7 Å². The molecular weight excluding hydrogens is 866 g/mol. The molecule has 0 spiro atoms. The lowest BCUT2D eigenvalue weighted by molar-refractivity contribution is -0.232. The number of hydroxylamine groups is 2. The number of carboxylic acids is 1. The number of alkyl halides is 3. The van der Waals surface area contributed by atoms with E-state index >= 15 is 0 Å². The molecule has 372 valence electrons. The molecule has 3 aliphatic heterocycles. The normalized spacial score (nSPS) is 21.9. The molecule has 2 fully saturated rings. The molecule has 0 aromatic heterocycles. The second kappa shape index (κ2) is 25.6. The molecule has 3 heterocycles. The summed E-state index contributed by atoms with van der Waals surface area (Å²) >= 11 is 0. The number of fused-ring (bicyclic) bond motifs is 2. The molecule has 5 amide bonds. The molecule has 11 atom stereocenters. The van der Waals surface area contributed by atoms with Crippen LogP contribution in [0.25, 0.3) is 0 Å². The Morgan fingerprint density at radius 1 is 0.909 bits per heavy atom. The number of rotatable bonds is 21. The van der Waals surface area contributed by atoms with Gasteiger partial charge in [-0.25, -0.2) is 9.86 Å². The third-order valence-electron chi connectivity index (χ3n) is 13.0. The van der Waals surface area contributed by atoms with E-state index in [2.05, 4.69) is 29.8 Å². The number of carbonyl (C=O) groups excluding carboxylic acids is 5. The number of amides is 5. The molecular formula is C47H73F3N6O10. The van der Waals surface area contributed by atoms with E-state index in [0.717, 1.165) is 31.2 Å². The average molecular weight is 939 g/mol. The standard InChI is InChI=1S/C45H72N6O8.C2HF3O2/c1-12-29(6)40(49(9)39(28(4)5)44(55)48-43(54)38(46-8)27(2)3)36(57-10)26-37(52)50-24-16-19-35(50)41(58-11)30(7)42(53)47-34(25-31-17-14-13-15-18-31)45(56)51-32-20-22-33(59-51)23-21-32;3-2(4,5)1(6)7/h13-15,17-18,20,22,27-30,32-36,38-41,46H,12,16,19,21,23-26H2,1-11H3,(H,47,53)(H,48,54,55);(H,6,7)/t29-,30+,32?,33?,34-,35-,36+,38-,39-,40-,41+;/m0./s1. The van der Waals surface area contributed by atoms with Crippen LogP contribution in [0, 0.1) is 23.7 Å². The molecule has 4 aliphatic rings. The highest BCUT2D eigenvalue weighted by Gasteiger charge is 2.45. The van der Waals surface area contributed by atoms with Gasteiger partial charge in [-0.2, -0.15) is 13.2 Å².